The molecule has 0 radical (unpaired) electrons. The molecule has 0 spiro atoms. The van der Waals surface area contributed by atoms with E-state index >= 15 is 0 Å². The van der Waals surface area contributed by atoms with Crippen molar-refractivity contribution in [3.05, 3.63) is 23.8 Å². The molecule has 2 N–H and O–H groups in total. The number of benzene rings is 1. The second kappa shape index (κ2) is 4.39. The first-order chi connectivity index (χ1) is 7.58. The summed E-state index contributed by atoms with van der Waals surface area (Å²) >= 11 is 0. The highest BCUT2D eigenvalue weighted by Crippen LogP contribution is 2.29. The fraction of sp³-hybridized carbons (Fsp3) is 0.400. The van der Waals surface area contributed by atoms with Crippen molar-refractivity contribution in [2.45, 2.75) is 12.8 Å². The van der Waals surface area contributed by atoms with Gasteiger partial charge in [0, 0.05) is 12.1 Å². The Balaban J connectivity index is 2.14. The van der Waals surface area contributed by atoms with E-state index < -0.39 is 24.2 Å². The minimum atomic E-state index is -2.16. The first-order valence-corrected chi connectivity index (χ1v) is 5.06. The van der Waals surface area contributed by atoms with Gasteiger partial charge in [-0.2, -0.15) is 0 Å². The van der Waals surface area contributed by atoms with Crippen LogP contribution in [-0.4, -0.2) is 23.8 Å². The minimum absolute atomic E-state index is 0.0753. The molecular weight excluding hydrogens is 217 g/mol. The Labute approximate surface area is 91.8 Å². The van der Waals surface area contributed by atoms with Gasteiger partial charge < -0.3 is 14.8 Å². The lowest BCUT2D eigenvalue weighted by atomic mass is 9.79. The highest BCUT2D eigenvalue weighted by Gasteiger charge is 2.25. The van der Waals surface area contributed by atoms with Crippen molar-refractivity contribution in [1.82, 2.24) is 0 Å². The molecule has 0 saturated heterocycles. The van der Waals surface area contributed by atoms with Crippen LogP contribution in [0.3, 0.4) is 0 Å². The zero-order valence-electron chi connectivity index (χ0n) is 8.49. The molecule has 1 aliphatic rings. The van der Waals surface area contributed by atoms with E-state index in [4.69, 9.17) is 14.8 Å². The second-order valence-electron chi connectivity index (χ2n) is 3.93. The van der Waals surface area contributed by atoms with Gasteiger partial charge in [-0.3, -0.25) is 0 Å². The third-order valence-corrected chi connectivity index (χ3v) is 2.49. The highest BCUT2D eigenvalue weighted by atomic mass is 19.1. The summed E-state index contributed by atoms with van der Waals surface area (Å²) in [6.45, 7) is 0.444. The van der Waals surface area contributed by atoms with Gasteiger partial charge >= 0.3 is 7.12 Å². The van der Waals surface area contributed by atoms with Crippen LogP contribution in [0.15, 0.2) is 12.1 Å². The molecule has 16 heavy (non-hydrogen) atoms. The second-order valence-corrected chi connectivity index (χ2v) is 3.93. The molecule has 0 aliphatic heterocycles. The van der Waals surface area contributed by atoms with Crippen LogP contribution in [0.1, 0.15) is 12.8 Å². The summed E-state index contributed by atoms with van der Waals surface area (Å²) in [6, 6.07) is 1.92. The molecule has 0 heterocycles. The quantitative estimate of drug-likeness (QED) is 0.735. The predicted octanol–water partition coefficient (Wildman–Crippen LogP) is 0.433. The molecule has 1 saturated carbocycles. The van der Waals surface area contributed by atoms with Crippen LogP contribution in [0.2, 0.25) is 0 Å². The smallest absolute Gasteiger partial charge is 0.493 e. The highest BCUT2D eigenvalue weighted by molar-refractivity contribution is 6.58. The van der Waals surface area contributed by atoms with Crippen LogP contribution in [0.25, 0.3) is 0 Å². The lowest BCUT2D eigenvalue weighted by Crippen LogP contribution is -2.35. The molecule has 86 valence electrons. The number of hydrogen-bond donors (Lipinski definition) is 2. The molecular formula is C10H11BF2O3. The first-order valence-electron chi connectivity index (χ1n) is 5.06. The zero-order chi connectivity index (χ0) is 11.7. The fourth-order valence-electron chi connectivity index (χ4n) is 1.39. The van der Waals surface area contributed by atoms with E-state index in [0.717, 1.165) is 25.0 Å². The summed E-state index contributed by atoms with van der Waals surface area (Å²) in [5, 5.41) is 17.5. The van der Waals surface area contributed by atoms with Crippen molar-refractivity contribution < 1.29 is 23.6 Å². The molecule has 1 aliphatic carbocycles. The summed E-state index contributed by atoms with van der Waals surface area (Å²) in [4.78, 5) is 0. The van der Waals surface area contributed by atoms with Crippen molar-refractivity contribution in [3.8, 4) is 5.75 Å². The lowest BCUT2D eigenvalue weighted by molar-refractivity contribution is 0.296. The molecule has 1 fully saturated rings. The van der Waals surface area contributed by atoms with Gasteiger partial charge in [-0.05, 0) is 18.8 Å². The maximum absolute atomic E-state index is 13.3. The topological polar surface area (TPSA) is 49.7 Å². The number of halogens is 2. The molecule has 1 aromatic rings. The van der Waals surface area contributed by atoms with Gasteiger partial charge in [0.2, 0.25) is 0 Å². The van der Waals surface area contributed by atoms with E-state index in [9.17, 15) is 8.78 Å². The Hall–Kier alpha value is -1.14. The summed E-state index contributed by atoms with van der Waals surface area (Å²) < 4.78 is 31.7. The Morgan fingerprint density at radius 1 is 1.25 bits per heavy atom. The number of rotatable bonds is 4. The Kier molecular flexibility index (Phi) is 3.11. The molecule has 0 amide bonds. The zero-order valence-corrected chi connectivity index (χ0v) is 8.49. The van der Waals surface area contributed by atoms with Gasteiger partial charge in [-0.25, -0.2) is 8.78 Å². The average molecular weight is 228 g/mol. The van der Waals surface area contributed by atoms with Crippen molar-refractivity contribution in [3.63, 3.8) is 0 Å². The minimum Gasteiger partial charge on any atom is -0.493 e. The molecule has 3 nitrogen and oxygen atoms in total. The molecule has 2 rings (SSSR count). The van der Waals surface area contributed by atoms with E-state index in [-0.39, 0.29) is 5.75 Å². The third kappa shape index (κ3) is 2.51. The first kappa shape index (κ1) is 11.4. The molecule has 0 atom stereocenters. The monoisotopic (exact) mass is 228 g/mol. The predicted molar refractivity (Wildman–Crippen MR) is 54.4 cm³/mol. The van der Waals surface area contributed by atoms with Gasteiger partial charge in [0.05, 0.1) is 12.1 Å². The van der Waals surface area contributed by atoms with Crippen LogP contribution in [0, 0.1) is 17.6 Å². The lowest BCUT2D eigenvalue weighted by Gasteiger charge is -2.08. The standard InChI is InChI=1S/C10H11BF2O3/c12-8-3-7(16-5-6-1-2-6)4-9(13)10(8)11(14)15/h3-4,6,14-15H,1-2,5H2. The largest absolute Gasteiger partial charge is 0.494 e. The van der Waals surface area contributed by atoms with Gasteiger partial charge in [0.1, 0.15) is 17.4 Å². The summed E-state index contributed by atoms with van der Waals surface area (Å²) in [5.74, 6) is -1.47. The summed E-state index contributed by atoms with van der Waals surface area (Å²) in [5.41, 5.74) is -0.751. The van der Waals surface area contributed by atoms with E-state index in [1.54, 1.807) is 0 Å². The molecule has 0 aromatic heterocycles. The van der Waals surface area contributed by atoms with Crippen molar-refractivity contribution in [2.24, 2.45) is 5.92 Å². The van der Waals surface area contributed by atoms with Crippen LogP contribution in [0.4, 0.5) is 8.78 Å². The Bertz CT molecular complexity index is 371. The van der Waals surface area contributed by atoms with Crippen LogP contribution in [-0.2, 0) is 0 Å². The maximum Gasteiger partial charge on any atom is 0.494 e. The van der Waals surface area contributed by atoms with Crippen LogP contribution >= 0.6 is 0 Å². The number of ether oxygens (including phenoxy) is 1. The van der Waals surface area contributed by atoms with Crippen molar-refractivity contribution >= 4 is 12.6 Å². The van der Waals surface area contributed by atoms with Crippen molar-refractivity contribution in [2.75, 3.05) is 6.61 Å². The SMILES string of the molecule is OB(O)c1c(F)cc(OCC2CC2)cc1F. The Morgan fingerprint density at radius 2 is 1.81 bits per heavy atom. The van der Waals surface area contributed by atoms with Gasteiger partial charge in [-0.1, -0.05) is 0 Å². The molecule has 0 unspecified atom stereocenters. The van der Waals surface area contributed by atoms with Crippen molar-refractivity contribution in [1.29, 1.82) is 0 Å². The van der Waals surface area contributed by atoms with Gasteiger partial charge in [-0.15, -0.1) is 0 Å². The summed E-state index contributed by atoms with van der Waals surface area (Å²) in [6.07, 6.45) is 2.16. The summed E-state index contributed by atoms with van der Waals surface area (Å²) in [7, 11) is -2.16. The van der Waals surface area contributed by atoms with Gasteiger partial charge in [0.15, 0.2) is 0 Å². The van der Waals surface area contributed by atoms with E-state index in [1.165, 1.54) is 0 Å². The number of hydrogen-bond acceptors (Lipinski definition) is 3. The maximum atomic E-state index is 13.3. The molecule has 0 bridgehead atoms. The Morgan fingerprint density at radius 3 is 2.25 bits per heavy atom. The van der Waals surface area contributed by atoms with Crippen LogP contribution < -0.4 is 10.2 Å². The molecule has 6 heteroatoms. The van der Waals surface area contributed by atoms with E-state index in [0.29, 0.717) is 12.5 Å². The average Bonchev–Trinajstić information content (AvgIpc) is 2.96. The van der Waals surface area contributed by atoms with E-state index in [2.05, 4.69) is 0 Å². The normalized spacial score (nSPS) is 15.0. The van der Waals surface area contributed by atoms with E-state index in [1.807, 2.05) is 0 Å². The van der Waals surface area contributed by atoms with Gasteiger partial charge in [0.25, 0.3) is 0 Å². The fourth-order valence-corrected chi connectivity index (χ4v) is 1.39. The van der Waals surface area contributed by atoms with Crippen LogP contribution in [0.5, 0.6) is 5.75 Å². The molecule has 1 aromatic carbocycles. The third-order valence-electron chi connectivity index (χ3n) is 2.49.